The number of esters is 1. The Morgan fingerprint density at radius 3 is 2.65 bits per heavy atom. The van der Waals surface area contributed by atoms with Gasteiger partial charge in [0.05, 0.1) is 13.7 Å². The molecule has 4 heteroatoms. The molecule has 0 saturated heterocycles. The van der Waals surface area contributed by atoms with E-state index < -0.39 is 6.04 Å². The molecule has 0 aliphatic carbocycles. The Morgan fingerprint density at radius 1 is 1.35 bits per heavy atom. The topological polar surface area (TPSA) is 47.6 Å². The van der Waals surface area contributed by atoms with E-state index in [0.717, 1.165) is 5.56 Å². The molecule has 94 valence electrons. The largest absolute Gasteiger partial charge is 0.496 e. The van der Waals surface area contributed by atoms with Crippen LogP contribution in [0.5, 0.6) is 5.75 Å². The maximum absolute atomic E-state index is 11.9. The second-order valence-corrected chi connectivity index (χ2v) is 3.48. The molecular formula is C13H19NO3. The van der Waals surface area contributed by atoms with E-state index in [2.05, 4.69) is 5.32 Å². The second-order valence-electron chi connectivity index (χ2n) is 3.48. The Bertz CT molecular complexity index is 365. The van der Waals surface area contributed by atoms with E-state index in [9.17, 15) is 4.79 Å². The van der Waals surface area contributed by atoms with Crippen molar-refractivity contribution in [2.75, 3.05) is 20.3 Å². The van der Waals surface area contributed by atoms with Crippen molar-refractivity contribution in [1.29, 1.82) is 0 Å². The van der Waals surface area contributed by atoms with Gasteiger partial charge in [-0.2, -0.15) is 0 Å². The minimum atomic E-state index is -0.476. The number of carbonyl (C=O) groups is 1. The average Bonchev–Trinajstić information content (AvgIpc) is 2.36. The first-order chi connectivity index (χ1) is 8.24. The van der Waals surface area contributed by atoms with Gasteiger partial charge in [0.25, 0.3) is 0 Å². The molecule has 0 spiro atoms. The van der Waals surface area contributed by atoms with Crippen LogP contribution in [0.3, 0.4) is 0 Å². The predicted molar refractivity (Wildman–Crippen MR) is 66.0 cm³/mol. The fourth-order valence-electron chi connectivity index (χ4n) is 1.65. The van der Waals surface area contributed by atoms with Crippen molar-refractivity contribution in [3.05, 3.63) is 29.8 Å². The highest BCUT2D eigenvalue weighted by molar-refractivity contribution is 5.78. The molecule has 0 fully saturated rings. The van der Waals surface area contributed by atoms with Gasteiger partial charge in [0.1, 0.15) is 11.8 Å². The molecule has 17 heavy (non-hydrogen) atoms. The molecule has 0 amide bonds. The van der Waals surface area contributed by atoms with E-state index in [0.29, 0.717) is 18.9 Å². The van der Waals surface area contributed by atoms with E-state index in [1.807, 2.05) is 31.2 Å². The summed E-state index contributed by atoms with van der Waals surface area (Å²) >= 11 is 0. The summed E-state index contributed by atoms with van der Waals surface area (Å²) in [6, 6.07) is 6.97. The predicted octanol–water partition coefficient (Wildman–Crippen LogP) is 1.91. The SMILES string of the molecule is CCNC(C(=O)OCC)c1ccccc1OC. The Morgan fingerprint density at radius 2 is 2.06 bits per heavy atom. The van der Waals surface area contributed by atoms with Crippen molar-refractivity contribution in [2.45, 2.75) is 19.9 Å². The zero-order valence-corrected chi connectivity index (χ0v) is 10.5. The zero-order chi connectivity index (χ0) is 12.7. The van der Waals surface area contributed by atoms with Gasteiger partial charge >= 0.3 is 5.97 Å². The molecule has 0 bridgehead atoms. The summed E-state index contributed by atoms with van der Waals surface area (Å²) in [7, 11) is 1.59. The van der Waals surface area contributed by atoms with Crippen molar-refractivity contribution in [1.82, 2.24) is 5.32 Å². The Labute approximate surface area is 102 Å². The van der Waals surface area contributed by atoms with Crippen LogP contribution in [0.25, 0.3) is 0 Å². The van der Waals surface area contributed by atoms with Crippen LogP contribution in [0.15, 0.2) is 24.3 Å². The van der Waals surface area contributed by atoms with E-state index in [1.54, 1.807) is 14.0 Å². The molecule has 0 heterocycles. The molecule has 1 aromatic carbocycles. The van der Waals surface area contributed by atoms with Gasteiger partial charge in [0.15, 0.2) is 0 Å². The molecule has 0 aliphatic rings. The van der Waals surface area contributed by atoms with Crippen molar-refractivity contribution >= 4 is 5.97 Å². The van der Waals surface area contributed by atoms with E-state index in [-0.39, 0.29) is 5.97 Å². The quantitative estimate of drug-likeness (QED) is 0.768. The molecule has 1 rings (SSSR count). The van der Waals surface area contributed by atoms with Gasteiger partial charge in [0, 0.05) is 5.56 Å². The number of ether oxygens (including phenoxy) is 2. The van der Waals surface area contributed by atoms with Gasteiger partial charge in [-0.15, -0.1) is 0 Å². The molecular weight excluding hydrogens is 218 g/mol. The molecule has 0 aromatic heterocycles. The lowest BCUT2D eigenvalue weighted by atomic mass is 10.1. The third-order valence-electron chi connectivity index (χ3n) is 2.38. The van der Waals surface area contributed by atoms with Crippen molar-refractivity contribution < 1.29 is 14.3 Å². The van der Waals surface area contributed by atoms with Crippen molar-refractivity contribution in [3.63, 3.8) is 0 Å². The van der Waals surface area contributed by atoms with Gasteiger partial charge < -0.3 is 14.8 Å². The van der Waals surface area contributed by atoms with Crippen LogP contribution in [0, 0.1) is 0 Å². The lowest BCUT2D eigenvalue weighted by Gasteiger charge is -2.18. The molecule has 0 saturated carbocycles. The van der Waals surface area contributed by atoms with E-state index >= 15 is 0 Å². The third kappa shape index (κ3) is 3.46. The summed E-state index contributed by atoms with van der Waals surface area (Å²) in [4.78, 5) is 11.9. The molecule has 1 atom stereocenters. The van der Waals surface area contributed by atoms with Crippen LogP contribution in [-0.4, -0.2) is 26.2 Å². The summed E-state index contributed by atoms with van der Waals surface area (Å²) in [5, 5.41) is 3.10. The van der Waals surface area contributed by atoms with Gasteiger partial charge in [0.2, 0.25) is 0 Å². The number of carbonyl (C=O) groups excluding carboxylic acids is 1. The number of hydrogen-bond acceptors (Lipinski definition) is 4. The molecule has 4 nitrogen and oxygen atoms in total. The first-order valence-electron chi connectivity index (χ1n) is 5.77. The van der Waals surface area contributed by atoms with E-state index in [4.69, 9.17) is 9.47 Å². The monoisotopic (exact) mass is 237 g/mol. The lowest BCUT2D eigenvalue weighted by molar-refractivity contribution is -0.145. The minimum absolute atomic E-state index is 0.279. The van der Waals surface area contributed by atoms with Crippen molar-refractivity contribution in [2.24, 2.45) is 0 Å². The number of hydrogen-bond donors (Lipinski definition) is 1. The van der Waals surface area contributed by atoms with Crippen molar-refractivity contribution in [3.8, 4) is 5.75 Å². The van der Waals surface area contributed by atoms with Crippen LogP contribution in [-0.2, 0) is 9.53 Å². The molecule has 1 N–H and O–H groups in total. The lowest BCUT2D eigenvalue weighted by Crippen LogP contribution is -2.30. The van der Waals surface area contributed by atoms with Gasteiger partial charge in [-0.1, -0.05) is 25.1 Å². The number of para-hydroxylation sites is 1. The maximum Gasteiger partial charge on any atom is 0.327 e. The molecule has 0 radical (unpaired) electrons. The second kappa shape index (κ2) is 6.91. The van der Waals surface area contributed by atoms with Gasteiger partial charge in [-0.05, 0) is 19.5 Å². The summed E-state index contributed by atoms with van der Waals surface area (Å²) in [5.74, 6) is 0.408. The first kappa shape index (κ1) is 13.5. The van der Waals surface area contributed by atoms with Gasteiger partial charge in [-0.3, -0.25) is 0 Å². The van der Waals surface area contributed by atoms with E-state index in [1.165, 1.54) is 0 Å². The Hall–Kier alpha value is -1.55. The number of methoxy groups -OCH3 is 1. The molecule has 1 aromatic rings. The van der Waals surface area contributed by atoms with Crippen LogP contribution in [0.4, 0.5) is 0 Å². The van der Waals surface area contributed by atoms with Crippen LogP contribution < -0.4 is 10.1 Å². The summed E-state index contributed by atoms with van der Waals surface area (Å²) < 4.78 is 10.3. The standard InChI is InChI=1S/C13H19NO3/c1-4-14-12(13(15)17-5-2)10-8-6-7-9-11(10)16-3/h6-9,12,14H,4-5H2,1-3H3. The number of likely N-dealkylation sites (N-methyl/N-ethyl adjacent to an activating group) is 1. The zero-order valence-electron chi connectivity index (χ0n) is 10.5. The summed E-state index contributed by atoms with van der Waals surface area (Å²) in [5.41, 5.74) is 0.801. The third-order valence-corrected chi connectivity index (χ3v) is 2.38. The highest BCUT2D eigenvalue weighted by Gasteiger charge is 2.23. The smallest absolute Gasteiger partial charge is 0.327 e. The molecule has 1 unspecified atom stereocenters. The highest BCUT2D eigenvalue weighted by Crippen LogP contribution is 2.25. The number of nitrogens with one attached hydrogen (secondary N) is 1. The maximum atomic E-state index is 11.9. The Balaban J connectivity index is 3.00. The van der Waals surface area contributed by atoms with Crippen LogP contribution in [0.1, 0.15) is 25.5 Å². The normalized spacial score (nSPS) is 11.9. The molecule has 0 aliphatic heterocycles. The number of benzene rings is 1. The fourth-order valence-corrected chi connectivity index (χ4v) is 1.65. The minimum Gasteiger partial charge on any atom is -0.496 e. The van der Waals surface area contributed by atoms with Crippen LogP contribution in [0.2, 0.25) is 0 Å². The average molecular weight is 237 g/mol. The summed E-state index contributed by atoms with van der Waals surface area (Å²) in [6.45, 7) is 4.79. The summed E-state index contributed by atoms with van der Waals surface area (Å²) in [6.07, 6.45) is 0. The first-order valence-corrected chi connectivity index (χ1v) is 5.77. The van der Waals surface area contributed by atoms with Gasteiger partial charge in [-0.25, -0.2) is 4.79 Å². The highest BCUT2D eigenvalue weighted by atomic mass is 16.5. The fraction of sp³-hybridized carbons (Fsp3) is 0.462. The van der Waals surface area contributed by atoms with Crippen LogP contribution >= 0.6 is 0 Å². The number of rotatable bonds is 6. The Kier molecular flexibility index (Phi) is 5.49.